The van der Waals surface area contributed by atoms with E-state index in [1.807, 2.05) is 6.92 Å². The predicted octanol–water partition coefficient (Wildman–Crippen LogP) is 3.43. The van der Waals surface area contributed by atoms with Crippen molar-refractivity contribution < 1.29 is 18.3 Å². The maximum Gasteiger partial charge on any atom is 0.433 e. The molecule has 0 radical (unpaired) electrons. The Bertz CT molecular complexity index is 607. The van der Waals surface area contributed by atoms with Crippen LogP contribution < -0.4 is 0 Å². The normalized spacial score (nSPS) is 12.8. The zero-order valence-electron chi connectivity index (χ0n) is 11.4. The van der Waals surface area contributed by atoms with Gasteiger partial charge >= 0.3 is 6.18 Å². The number of halogens is 3. The summed E-state index contributed by atoms with van der Waals surface area (Å²) in [4.78, 5) is 0. The van der Waals surface area contributed by atoms with Gasteiger partial charge < -0.3 is 5.11 Å². The average molecular weight is 284 g/mol. The average Bonchev–Trinajstić information content (AvgIpc) is 2.73. The van der Waals surface area contributed by atoms with Crippen molar-refractivity contribution in [2.75, 3.05) is 0 Å². The Morgan fingerprint density at radius 1 is 1.10 bits per heavy atom. The molecule has 2 rings (SSSR count). The topological polar surface area (TPSA) is 38.0 Å². The number of benzene rings is 1. The number of nitrogens with zero attached hydrogens (tertiary/aromatic N) is 2. The van der Waals surface area contributed by atoms with Gasteiger partial charge in [-0.3, -0.25) is 0 Å². The first-order chi connectivity index (χ1) is 9.10. The highest BCUT2D eigenvalue weighted by Crippen LogP contribution is 2.37. The maximum absolute atomic E-state index is 13.3. The van der Waals surface area contributed by atoms with Crippen LogP contribution in [-0.2, 0) is 11.8 Å². The molecular weight excluding hydrogens is 269 g/mol. The van der Waals surface area contributed by atoms with Crippen molar-refractivity contribution in [3.8, 4) is 5.69 Å². The summed E-state index contributed by atoms with van der Waals surface area (Å²) in [5, 5.41) is 13.7. The van der Waals surface area contributed by atoms with Crippen molar-refractivity contribution in [2.45, 2.75) is 32.5 Å². The lowest BCUT2D eigenvalue weighted by Crippen LogP contribution is -2.23. The van der Waals surface area contributed by atoms with Crippen LogP contribution in [-0.4, -0.2) is 14.9 Å². The van der Waals surface area contributed by atoms with E-state index >= 15 is 0 Å². The second kappa shape index (κ2) is 4.63. The lowest BCUT2D eigenvalue weighted by Gasteiger charge is -2.20. The number of aryl methyl sites for hydroxylation is 1. The molecule has 108 valence electrons. The highest BCUT2D eigenvalue weighted by molar-refractivity contribution is 5.39. The van der Waals surface area contributed by atoms with Gasteiger partial charge in [-0.1, -0.05) is 17.7 Å². The Labute approximate surface area is 114 Å². The van der Waals surface area contributed by atoms with Crippen LogP contribution >= 0.6 is 0 Å². The third-order valence-electron chi connectivity index (χ3n) is 2.98. The molecule has 0 atom stereocenters. The van der Waals surface area contributed by atoms with E-state index in [1.165, 1.54) is 13.8 Å². The zero-order chi connectivity index (χ0) is 15.1. The van der Waals surface area contributed by atoms with Crippen molar-refractivity contribution in [1.29, 1.82) is 0 Å². The molecular formula is C14H15F3N2O. The zero-order valence-corrected chi connectivity index (χ0v) is 11.4. The molecule has 0 bridgehead atoms. The van der Waals surface area contributed by atoms with Gasteiger partial charge in [0.15, 0.2) is 5.69 Å². The number of hydrogen-bond donors (Lipinski definition) is 1. The van der Waals surface area contributed by atoms with Crippen molar-refractivity contribution in [1.82, 2.24) is 9.78 Å². The molecule has 0 aliphatic heterocycles. The van der Waals surface area contributed by atoms with E-state index in [9.17, 15) is 18.3 Å². The number of hydrogen-bond acceptors (Lipinski definition) is 2. The van der Waals surface area contributed by atoms with Crippen molar-refractivity contribution in [3.05, 3.63) is 47.3 Å². The van der Waals surface area contributed by atoms with Gasteiger partial charge in [0.2, 0.25) is 0 Å². The molecule has 3 nitrogen and oxygen atoms in total. The van der Waals surface area contributed by atoms with Gasteiger partial charge in [0, 0.05) is 5.56 Å². The largest absolute Gasteiger partial charge is 0.433 e. The predicted molar refractivity (Wildman–Crippen MR) is 68.5 cm³/mol. The highest BCUT2D eigenvalue weighted by Gasteiger charge is 2.42. The van der Waals surface area contributed by atoms with Crippen LogP contribution in [0, 0.1) is 6.92 Å². The Hall–Kier alpha value is -1.82. The summed E-state index contributed by atoms with van der Waals surface area (Å²) in [7, 11) is 0. The van der Waals surface area contributed by atoms with Crippen LogP contribution in [0.1, 0.15) is 30.7 Å². The lowest BCUT2D eigenvalue weighted by molar-refractivity contribution is -0.145. The smallest absolute Gasteiger partial charge is 0.386 e. The summed E-state index contributed by atoms with van der Waals surface area (Å²) in [5.41, 5.74) is -1.57. The molecule has 0 fully saturated rings. The van der Waals surface area contributed by atoms with Gasteiger partial charge in [-0.15, -0.1) is 0 Å². The van der Waals surface area contributed by atoms with E-state index in [4.69, 9.17) is 0 Å². The van der Waals surface area contributed by atoms with Gasteiger partial charge in [0.25, 0.3) is 0 Å². The Morgan fingerprint density at radius 2 is 1.65 bits per heavy atom. The SMILES string of the molecule is Cc1ccc(-n2ncc(C(C)(C)O)c2C(F)(F)F)cc1. The highest BCUT2D eigenvalue weighted by atomic mass is 19.4. The van der Waals surface area contributed by atoms with E-state index < -0.39 is 17.5 Å². The second-order valence-electron chi connectivity index (χ2n) is 5.21. The molecule has 1 aromatic heterocycles. The molecule has 1 aromatic carbocycles. The molecule has 1 N–H and O–H groups in total. The fraction of sp³-hybridized carbons (Fsp3) is 0.357. The molecule has 20 heavy (non-hydrogen) atoms. The summed E-state index contributed by atoms with van der Waals surface area (Å²) in [5.74, 6) is 0. The fourth-order valence-corrected chi connectivity index (χ4v) is 1.95. The van der Waals surface area contributed by atoms with Crippen molar-refractivity contribution in [3.63, 3.8) is 0 Å². The minimum atomic E-state index is -4.60. The van der Waals surface area contributed by atoms with E-state index in [2.05, 4.69) is 5.10 Å². The van der Waals surface area contributed by atoms with Gasteiger partial charge in [-0.2, -0.15) is 18.3 Å². The standard InChI is InChI=1S/C14H15F3N2O/c1-9-4-6-10(7-5-9)19-12(14(15,16)17)11(8-18-19)13(2,3)20/h4-8,20H,1-3H3. The summed E-state index contributed by atoms with van der Waals surface area (Å²) in [6.07, 6.45) is -3.54. The summed E-state index contributed by atoms with van der Waals surface area (Å²) < 4.78 is 40.6. The minimum Gasteiger partial charge on any atom is -0.386 e. The summed E-state index contributed by atoms with van der Waals surface area (Å²) in [6, 6.07) is 6.54. The van der Waals surface area contributed by atoms with Crippen LogP contribution in [0.3, 0.4) is 0 Å². The molecule has 0 saturated carbocycles. The Kier molecular flexibility index (Phi) is 3.37. The number of alkyl halides is 3. The third-order valence-corrected chi connectivity index (χ3v) is 2.98. The van der Waals surface area contributed by atoms with E-state index in [1.54, 1.807) is 24.3 Å². The summed E-state index contributed by atoms with van der Waals surface area (Å²) >= 11 is 0. The molecule has 0 aliphatic carbocycles. The number of aromatic nitrogens is 2. The van der Waals surface area contributed by atoms with Crippen LogP contribution in [0.4, 0.5) is 13.2 Å². The van der Waals surface area contributed by atoms with Crippen LogP contribution in [0.25, 0.3) is 5.69 Å². The van der Waals surface area contributed by atoms with E-state index in [0.29, 0.717) is 5.69 Å². The quantitative estimate of drug-likeness (QED) is 0.917. The minimum absolute atomic E-state index is 0.245. The number of rotatable bonds is 2. The molecule has 0 amide bonds. The van der Waals surface area contributed by atoms with E-state index in [0.717, 1.165) is 16.4 Å². The fourth-order valence-electron chi connectivity index (χ4n) is 1.95. The maximum atomic E-state index is 13.3. The monoisotopic (exact) mass is 284 g/mol. The van der Waals surface area contributed by atoms with Crippen molar-refractivity contribution in [2.24, 2.45) is 0 Å². The van der Waals surface area contributed by atoms with Crippen LogP contribution in [0.2, 0.25) is 0 Å². The van der Waals surface area contributed by atoms with Crippen LogP contribution in [0.5, 0.6) is 0 Å². The molecule has 1 heterocycles. The van der Waals surface area contributed by atoms with Gasteiger partial charge in [-0.25, -0.2) is 4.68 Å². The van der Waals surface area contributed by atoms with Crippen molar-refractivity contribution >= 4 is 0 Å². The lowest BCUT2D eigenvalue weighted by atomic mass is 9.98. The van der Waals surface area contributed by atoms with Gasteiger partial charge in [0.1, 0.15) is 0 Å². The number of aliphatic hydroxyl groups is 1. The first-order valence-corrected chi connectivity index (χ1v) is 6.06. The van der Waals surface area contributed by atoms with E-state index in [-0.39, 0.29) is 5.56 Å². The molecule has 0 aliphatic rings. The first-order valence-electron chi connectivity index (χ1n) is 6.06. The third kappa shape index (κ3) is 2.70. The van der Waals surface area contributed by atoms with Gasteiger partial charge in [-0.05, 0) is 32.9 Å². The molecule has 0 spiro atoms. The van der Waals surface area contributed by atoms with Gasteiger partial charge in [0.05, 0.1) is 17.5 Å². The molecule has 6 heteroatoms. The summed E-state index contributed by atoms with van der Waals surface area (Å²) in [6.45, 7) is 4.46. The Morgan fingerprint density at radius 3 is 2.10 bits per heavy atom. The Balaban J connectivity index is 2.66. The molecule has 0 saturated heterocycles. The van der Waals surface area contributed by atoms with Crippen LogP contribution in [0.15, 0.2) is 30.5 Å². The first kappa shape index (κ1) is 14.6. The molecule has 2 aromatic rings. The second-order valence-corrected chi connectivity index (χ2v) is 5.21. The molecule has 0 unspecified atom stereocenters.